The molecule has 0 fully saturated rings. The van der Waals surface area contributed by atoms with Gasteiger partial charge < -0.3 is 5.11 Å². The highest BCUT2D eigenvalue weighted by Crippen LogP contribution is 2.29. The summed E-state index contributed by atoms with van der Waals surface area (Å²) in [6.07, 6.45) is 3.53. The van der Waals surface area contributed by atoms with Crippen LogP contribution in [0.4, 0.5) is 0 Å². The largest absolute Gasteiger partial charge is 0.493 e. The zero-order valence-electron chi connectivity index (χ0n) is 14.2. The Kier molecular flexibility index (Phi) is 4.37. The van der Waals surface area contributed by atoms with E-state index >= 15 is 0 Å². The number of nitrogens with zero attached hydrogens (tertiary/aromatic N) is 4. The van der Waals surface area contributed by atoms with Crippen molar-refractivity contribution < 1.29 is 5.11 Å². The van der Waals surface area contributed by atoms with Crippen LogP contribution in [0.25, 0.3) is 16.9 Å². The molecule has 0 saturated heterocycles. The highest BCUT2D eigenvalue weighted by Gasteiger charge is 2.19. The molecule has 0 bridgehead atoms. The number of hydrogen-bond acceptors (Lipinski definition) is 4. The lowest BCUT2D eigenvalue weighted by atomic mass is 10.1. The van der Waals surface area contributed by atoms with Crippen molar-refractivity contribution in [3.8, 4) is 17.1 Å². The number of rotatable bonds is 3. The summed E-state index contributed by atoms with van der Waals surface area (Å²) in [6.45, 7) is 0. The van der Waals surface area contributed by atoms with Crippen molar-refractivity contribution in [2.24, 2.45) is 7.05 Å². The first kappa shape index (κ1) is 17.6. The van der Waals surface area contributed by atoms with Crippen LogP contribution in [-0.4, -0.2) is 24.3 Å². The minimum Gasteiger partial charge on any atom is -0.493 e. The van der Waals surface area contributed by atoms with Gasteiger partial charge in [-0.3, -0.25) is 9.78 Å². The predicted molar refractivity (Wildman–Crippen MR) is 105 cm³/mol. The van der Waals surface area contributed by atoms with Crippen molar-refractivity contribution in [1.29, 1.82) is 0 Å². The standard InChI is InChI=1S/C19H14Cl2N4O2/c1-24-19(27)13(9-12-3-2-4-14(20)17(12)21)18-23-15(10-16(26)25(18)24)11-5-7-22-8-6-11/h2-8,10,26H,9H2,1H3. The van der Waals surface area contributed by atoms with Crippen molar-refractivity contribution >= 4 is 28.8 Å². The van der Waals surface area contributed by atoms with Crippen LogP contribution in [0.3, 0.4) is 0 Å². The van der Waals surface area contributed by atoms with Gasteiger partial charge in [0.15, 0.2) is 5.65 Å². The highest BCUT2D eigenvalue weighted by molar-refractivity contribution is 6.42. The molecular weight excluding hydrogens is 387 g/mol. The molecule has 4 aromatic rings. The highest BCUT2D eigenvalue weighted by atomic mass is 35.5. The van der Waals surface area contributed by atoms with E-state index in [9.17, 15) is 9.90 Å². The predicted octanol–water partition coefficient (Wildman–Crippen LogP) is 3.70. The van der Waals surface area contributed by atoms with Crippen molar-refractivity contribution in [1.82, 2.24) is 19.2 Å². The lowest BCUT2D eigenvalue weighted by Gasteiger charge is -2.07. The number of fused-ring (bicyclic) bond motifs is 1. The lowest BCUT2D eigenvalue weighted by Crippen LogP contribution is -2.17. The minimum absolute atomic E-state index is 0.0881. The van der Waals surface area contributed by atoms with E-state index in [1.807, 2.05) is 6.07 Å². The molecule has 0 radical (unpaired) electrons. The molecular formula is C19H14Cl2N4O2. The normalized spacial score (nSPS) is 11.2. The maximum atomic E-state index is 12.8. The molecule has 0 saturated carbocycles. The molecule has 0 atom stereocenters. The van der Waals surface area contributed by atoms with Gasteiger partial charge in [0.2, 0.25) is 5.88 Å². The van der Waals surface area contributed by atoms with Gasteiger partial charge in [0, 0.05) is 37.5 Å². The summed E-state index contributed by atoms with van der Waals surface area (Å²) < 4.78 is 2.70. The molecule has 136 valence electrons. The van der Waals surface area contributed by atoms with E-state index < -0.39 is 0 Å². The molecule has 8 heteroatoms. The van der Waals surface area contributed by atoms with Crippen LogP contribution in [-0.2, 0) is 13.5 Å². The van der Waals surface area contributed by atoms with E-state index in [1.54, 1.807) is 43.7 Å². The van der Waals surface area contributed by atoms with Gasteiger partial charge in [-0.1, -0.05) is 35.3 Å². The van der Waals surface area contributed by atoms with E-state index in [0.717, 1.165) is 5.56 Å². The number of aromatic hydroxyl groups is 1. The summed E-state index contributed by atoms with van der Waals surface area (Å²) in [6, 6.07) is 10.4. The SMILES string of the molecule is Cn1c(=O)c(Cc2cccc(Cl)c2Cl)c2nc(-c3ccncc3)cc(O)n21. The molecule has 3 heterocycles. The Hall–Kier alpha value is -2.83. The molecule has 0 aliphatic carbocycles. The number of benzene rings is 1. The third-order valence-corrected chi connectivity index (χ3v) is 5.26. The van der Waals surface area contributed by atoms with Gasteiger partial charge in [-0.2, -0.15) is 4.52 Å². The quantitative estimate of drug-likeness (QED) is 0.568. The minimum atomic E-state index is -0.263. The fraction of sp³-hybridized carbons (Fsp3) is 0.105. The van der Waals surface area contributed by atoms with Gasteiger partial charge in [-0.05, 0) is 23.8 Å². The van der Waals surface area contributed by atoms with Crippen molar-refractivity contribution in [2.75, 3.05) is 0 Å². The van der Waals surface area contributed by atoms with E-state index in [1.165, 1.54) is 15.3 Å². The van der Waals surface area contributed by atoms with Crippen LogP contribution < -0.4 is 5.56 Å². The third kappa shape index (κ3) is 2.97. The van der Waals surface area contributed by atoms with Gasteiger partial charge in [0.05, 0.1) is 21.3 Å². The lowest BCUT2D eigenvalue weighted by molar-refractivity contribution is 0.419. The smallest absolute Gasteiger partial charge is 0.272 e. The Morgan fingerprint density at radius 3 is 2.63 bits per heavy atom. The molecule has 0 amide bonds. The average Bonchev–Trinajstić information content (AvgIpc) is 2.91. The van der Waals surface area contributed by atoms with Gasteiger partial charge in [-0.25, -0.2) is 9.67 Å². The van der Waals surface area contributed by atoms with Crippen molar-refractivity contribution in [3.63, 3.8) is 0 Å². The van der Waals surface area contributed by atoms with Crippen LogP contribution in [0, 0.1) is 0 Å². The van der Waals surface area contributed by atoms with Crippen molar-refractivity contribution in [3.05, 3.63) is 80.3 Å². The van der Waals surface area contributed by atoms with Crippen LogP contribution in [0.1, 0.15) is 11.1 Å². The molecule has 4 rings (SSSR count). The van der Waals surface area contributed by atoms with Gasteiger partial charge in [-0.15, -0.1) is 0 Å². The van der Waals surface area contributed by atoms with Crippen LogP contribution >= 0.6 is 23.2 Å². The molecule has 3 aromatic heterocycles. The summed E-state index contributed by atoms with van der Waals surface area (Å²) in [5.74, 6) is -0.0881. The Balaban J connectivity index is 1.95. The second-order valence-corrected chi connectivity index (χ2v) is 6.85. The maximum Gasteiger partial charge on any atom is 0.272 e. The number of pyridine rings is 1. The van der Waals surface area contributed by atoms with Crippen LogP contribution in [0.5, 0.6) is 5.88 Å². The second kappa shape index (κ2) is 6.72. The summed E-state index contributed by atoms with van der Waals surface area (Å²) in [5.41, 5.74) is 2.56. The fourth-order valence-corrected chi connectivity index (χ4v) is 3.45. The topological polar surface area (TPSA) is 72.4 Å². The number of halogens is 2. The summed E-state index contributed by atoms with van der Waals surface area (Å²) in [4.78, 5) is 21.4. The molecule has 0 aliphatic rings. The van der Waals surface area contributed by atoms with Crippen LogP contribution in [0.2, 0.25) is 10.0 Å². The summed E-state index contributed by atoms with van der Waals surface area (Å²) in [5, 5.41) is 11.3. The second-order valence-electron chi connectivity index (χ2n) is 6.07. The van der Waals surface area contributed by atoms with E-state index in [4.69, 9.17) is 23.2 Å². The maximum absolute atomic E-state index is 12.8. The zero-order valence-corrected chi connectivity index (χ0v) is 15.7. The molecule has 1 aromatic carbocycles. The molecule has 1 N–H and O–H groups in total. The molecule has 0 aliphatic heterocycles. The number of aryl methyl sites for hydroxylation is 1. The van der Waals surface area contributed by atoms with Crippen LogP contribution in [0.15, 0.2) is 53.6 Å². The van der Waals surface area contributed by atoms with E-state index in [0.29, 0.717) is 32.5 Å². The van der Waals surface area contributed by atoms with Gasteiger partial charge >= 0.3 is 0 Å². The number of hydrogen-bond donors (Lipinski definition) is 1. The van der Waals surface area contributed by atoms with E-state index in [-0.39, 0.29) is 17.9 Å². The van der Waals surface area contributed by atoms with Gasteiger partial charge in [0.25, 0.3) is 5.56 Å². The van der Waals surface area contributed by atoms with Gasteiger partial charge in [0.1, 0.15) is 0 Å². The Labute approximate surface area is 164 Å². The zero-order chi connectivity index (χ0) is 19.1. The van der Waals surface area contributed by atoms with Crippen molar-refractivity contribution in [2.45, 2.75) is 6.42 Å². The first-order valence-electron chi connectivity index (χ1n) is 8.11. The Bertz CT molecular complexity index is 1220. The Morgan fingerprint density at radius 1 is 1.15 bits per heavy atom. The monoisotopic (exact) mass is 400 g/mol. The third-order valence-electron chi connectivity index (χ3n) is 4.41. The fourth-order valence-electron chi connectivity index (χ4n) is 3.06. The first-order valence-corrected chi connectivity index (χ1v) is 8.87. The Morgan fingerprint density at radius 2 is 1.89 bits per heavy atom. The average molecular weight is 401 g/mol. The number of aromatic nitrogens is 4. The first-order chi connectivity index (χ1) is 13.0. The van der Waals surface area contributed by atoms with E-state index in [2.05, 4.69) is 9.97 Å². The summed E-state index contributed by atoms with van der Waals surface area (Å²) >= 11 is 12.4. The molecule has 27 heavy (non-hydrogen) atoms. The molecule has 0 spiro atoms. The summed E-state index contributed by atoms with van der Waals surface area (Å²) in [7, 11) is 1.58. The molecule has 6 nitrogen and oxygen atoms in total. The molecule has 0 unspecified atom stereocenters.